The number of carbonyl (C=O) groups excluding carboxylic acids is 2. The van der Waals surface area contributed by atoms with Gasteiger partial charge in [-0.1, -0.05) is 37.3 Å². The van der Waals surface area contributed by atoms with Crippen molar-refractivity contribution < 1.29 is 18.7 Å². The number of nitrogens with one attached hydrogen (secondary N) is 1. The zero-order chi connectivity index (χ0) is 41.6. The number of aryl methyl sites for hydroxylation is 2. The van der Waals surface area contributed by atoms with E-state index in [1.54, 1.807) is 29.2 Å². The highest BCUT2D eigenvalue weighted by atomic mass is 19.1. The average molecular weight is 810 g/mol. The second kappa shape index (κ2) is 18.4. The lowest BCUT2D eigenvalue weighted by molar-refractivity contribution is 0.0729. The number of hydrogen-bond acceptors (Lipinski definition) is 9. The van der Waals surface area contributed by atoms with Crippen molar-refractivity contribution in [1.29, 1.82) is 0 Å². The molecule has 13 heteroatoms. The van der Waals surface area contributed by atoms with Gasteiger partial charge < -0.3 is 25.6 Å². The number of halogens is 1. The van der Waals surface area contributed by atoms with Gasteiger partial charge >= 0.3 is 0 Å². The molecular formula is C47H52FN9O3. The molecule has 3 aromatic heterocycles. The molecule has 5 heterocycles. The van der Waals surface area contributed by atoms with Gasteiger partial charge in [-0.3, -0.25) is 19.5 Å². The lowest BCUT2D eigenvalue weighted by Gasteiger charge is -2.36. The summed E-state index contributed by atoms with van der Waals surface area (Å²) in [6.45, 7) is 10.9. The van der Waals surface area contributed by atoms with Crippen molar-refractivity contribution in [3.8, 4) is 11.1 Å². The summed E-state index contributed by atoms with van der Waals surface area (Å²) in [4.78, 5) is 42.8. The number of carbonyl (C=O) groups is 2. The number of aromatic nitrogens is 4. The van der Waals surface area contributed by atoms with Crippen LogP contribution in [0.5, 0.6) is 0 Å². The van der Waals surface area contributed by atoms with Gasteiger partial charge in [0.25, 0.3) is 5.91 Å². The fourth-order valence-corrected chi connectivity index (χ4v) is 8.39. The first-order valence-corrected chi connectivity index (χ1v) is 20.9. The van der Waals surface area contributed by atoms with Crippen molar-refractivity contribution in [2.24, 2.45) is 5.73 Å². The number of hydrogen-bond donors (Lipinski definition) is 2. The molecule has 60 heavy (non-hydrogen) atoms. The number of benzene rings is 3. The molecule has 2 aliphatic rings. The third-order valence-electron chi connectivity index (χ3n) is 11.7. The summed E-state index contributed by atoms with van der Waals surface area (Å²) in [6, 6.07) is 23.9. The molecule has 8 rings (SSSR count). The molecule has 3 aromatic carbocycles. The highest BCUT2D eigenvalue weighted by molar-refractivity contribution is 5.99. The fourth-order valence-electron chi connectivity index (χ4n) is 8.39. The molecule has 0 bridgehead atoms. The number of nitrogens with zero attached hydrogens (tertiary/aromatic N) is 7. The van der Waals surface area contributed by atoms with Gasteiger partial charge in [-0.2, -0.15) is 5.10 Å². The van der Waals surface area contributed by atoms with Crippen LogP contribution in [0.2, 0.25) is 0 Å². The van der Waals surface area contributed by atoms with Crippen LogP contribution in [-0.2, 0) is 37.3 Å². The first kappa shape index (κ1) is 40.6. The number of amides is 2. The van der Waals surface area contributed by atoms with Gasteiger partial charge in [0, 0.05) is 111 Å². The zero-order valence-electron chi connectivity index (χ0n) is 34.3. The van der Waals surface area contributed by atoms with E-state index in [4.69, 9.17) is 15.5 Å². The van der Waals surface area contributed by atoms with Crippen molar-refractivity contribution in [3.63, 3.8) is 0 Å². The number of fused-ring (bicyclic) bond motifs is 1. The minimum Gasteiger partial charge on any atom is -0.381 e. The quantitative estimate of drug-likeness (QED) is 0.119. The maximum absolute atomic E-state index is 15.9. The monoisotopic (exact) mass is 809 g/mol. The van der Waals surface area contributed by atoms with Crippen LogP contribution in [0.4, 0.5) is 15.8 Å². The summed E-state index contributed by atoms with van der Waals surface area (Å²) in [5, 5.41) is 9.38. The van der Waals surface area contributed by atoms with Gasteiger partial charge in [0.1, 0.15) is 5.82 Å². The molecule has 12 nitrogen and oxygen atoms in total. The van der Waals surface area contributed by atoms with Crippen molar-refractivity contribution in [2.45, 2.75) is 65.3 Å². The standard InChI is InChI=1S/C47H52FN9O3/c1-3-43-41(44(52-37-15-23-60-24-16-37)40-28-51-57(4-2)46(40)53-43)31-56(47(59)36-10-6-9-35(27-36)45(49)58)30-33-11-12-42(48)39(26-33)34-8-5-7-32(25-34)29-54-19-21-55(22-20-54)38-13-17-50-18-14-38/h5-14,17-18,25-28,37H,3-4,15-16,19-24,29-31H2,1-2H3,(H2,49,58)(H,52,53). The van der Waals surface area contributed by atoms with E-state index < -0.39 is 5.91 Å². The van der Waals surface area contributed by atoms with Gasteiger partial charge in [0.15, 0.2) is 5.65 Å². The number of nitrogens with two attached hydrogens (primary N) is 1. The second-order valence-electron chi connectivity index (χ2n) is 15.6. The molecule has 0 spiro atoms. The SMILES string of the molecule is CCc1nc2c(cnn2CC)c(NC2CCOCC2)c1CN(Cc1ccc(F)c(-c2cccc(CN3CCN(c4ccncc4)CC3)c2)c1)C(=O)c1cccc(C(N)=O)c1. The van der Waals surface area contributed by atoms with Crippen LogP contribution in [0, 0.1) is 5.82 Å². The molecule has 0 aliphatic carbocycles. The highest BCUT2D eigenvalue weighted by Crippen LogP contribution is 2.34. The molecule has 2 saturated heterocycles. The normalized spacial score (nSPS) is 15.0. The van der Waals surface area contributed by atoms with E-state index in [1.807, 2.05) is 60.5 Å². The van der Waals surface area contributed by atoms with Gasteiger partial charge in [-0.05, 0) is 91.4 Å². The van der Waals surface area contributed by atoms with Crippen molar-refractivity contribution >= 4 is 34.2 Å². The second-order valence-corrected chi connectivity index (χ2v) is 15.6. The Morgan fingerprint density at radius 2 is 1.67 bits per heavy atom. The van der Waals surface area contributed by atoms with E-state index in [9.17, 15) is 9.59 Å². The first-order valence-electron chi connectivity index (χ1n) is 20.9. The third kappa shape index (κ3) is 9.02. The number of ether oxygens (including phenoxy) is 1. The molecule has 0 radical (unpaired) electrons. The molecule has 0 saturated carbocycles. The van der Waals surface area contributed by atoms with Crippen LogP contribution in [0.3, 0.4) is 0 Å². The van der Waals surface area contributed by atoms with Gasteiger partial charge in [-0.25, -0.2) is 14.1 Å². The van der Waals surface area contributed by atoms with Crippen LogP contribution in [0.1, 0.15) is 69.8 Å². The Hall–Kier alpha value is -6.18. The fraction of sp³-hybridized carbons (Fsp3) is 0.340. The van der Waals surface area contributed by atoms with E-state index in [-0.39, 0.29) is 36.4 Å². The molecule has 6 aromatic rings. The van der Waals surface area contributed by atoms with Crippen molar-refractivity contribution in [2.75, 3.05) is 49.6 Å². The summed E-state index contributed by atoms with van der Waals surface area (Å²) < 4.78 is 23.4. The number of piperazine rings is 1. The highest BCUT2D eigenvalue weighted by Gasteiger charge is 2.26. The summed E-state index contributed by atoms with van der Waals surface area (Å²) in [5.74, 6) is -1.25. The Labute approximate surface area is 350 Å². The molecule has 2 fully saturated rings. The molecule has 0 unspecified atom stereocenters. The smallest absolute Gasteiger partial charge is 0.254 e. The number of rotatable bonds is 14. The van der Waals surface area contributed by atoms with E-state index >= 15 is 4.39 Å². The number of primary amides is 1. The van der Waals surface area contributed by atoms with Crippen LogP contribution in [0.15, 0.2) is 97.5 Å². The van der Waals surface area contributed by atoms with Gasteiger partial charge in [0.2, 0.25) is 5.91 Å². The molecule has 3 N–H and O–H groups in total. The van der Waals surface area contributed by atoms with Crippen molar-refractivity contribution in [3.05, 3.63) is 137 Å². The third-order valence-corrected chi connectivity index (χ3v) is 11.7. The zero-order valence-corrected chi connectivity index (χ0v) is 34.3. The predicted octanol–water partition coefficient (Wildman–Crippen LogP) is 7.07. The maximum Gasteiger partial charge on any atom is 0.254 e. The Bertz CT molecular complexity index is 2460. The Morgan fingerprint density at radius 3 is 2.42 bits per heavy atom. The summed E-state index contributed by atoms with van der Waals surface area (Å²) in [5.41, 5.74) is 13.9. The first-order chi connectivity index (χ1) is 29.3. The molecule has 310 valence electrons. The maximum atomic E-state index is 15.9. The van der Waals surface area contributed by atoms with Gasteiger partial charge in [-0.15, -0.1) is 0 Å². The van der Waals surface area contributed by atoms with E-state index in [1.165, 1.54) is 17.8 Å². The Balaban J connectivity index is 1.11. The van der Waals surface area contributed by atoms with Crippen LogP contribution < -0.4 is 16.0 Å². The number of pyridine rings is 2. The summed E-state index contributed by atoms with van der Waals surface area (Å²) >= 11 is 0. The molecule has 2 aliphatic heterocycles. The summed E-state index contributed by atoms with van der Waals surface area (Å²) in [6.07, 6.45) is 7.82. The Morgan fingerprint density at radius 1 is 0.900 bits per heavy atom. The summed E-state index contributed by atoms with van der Waals surface area (Å²) in [7, 11) is 0. The minimum absolute atomic E-state index is 0.167. The lowest BCUT2D eigenvalue weighted by atomic mass is 9.99. The largest absolute Gasteiger partial charge is 0.381 e. The van der Waals surface area contributed by atoms with Crippen LogP contribution in [0.25, 0.3) is 22.2 Å². The van der Waals surface area contributed by atoms with E-state index in [0.717, 1.165) is 90.2 Å². The van der Waals surface area contributed by atoms with Crippen LogP contribution >= 0.6 is 0 Å². The molecular weight excluding hydrogens is 758 g/mol. The lowest BCUT2D eigenvalue weighted by Crippen LogP contribution is -2.45. The van der Waals surface area contributed by atoms with E-state index in [0.29, 0.717) is 37.3 Å². The molecule has 0 atom stereocenters. The Kier molecular flexibility index (Phi) is 12.4. The topological polar surface area (TPSA) is 135 Å². The van der Waals surface area contributed by atoms with E-state index in [2.05, 4.69) is 44.3 Å². The minimum atomic E-state index is -0.618. The van der Waals surface area contributed by atoms with Gasteiger partial charge in [0.05, 0.1) is 23.8 Å². The van der Waals surface area contributed by atoms with Crippen molar-refractivity contribution in [1.82, 2.24) is 29.5 Å². The molecule has 2 amide bonds. The number of anilines is 2. The average Bonchev–Trinajstić information content (AvgIpc) is 3.71. The van der Waals surface area contributed by atoms with Crippen LogP contribution in [-0.4, -0.2) is 86.8 Å². The predicted molar refractivity (Wildman–Crippen MR) is 232 cm³/mol.